The van der Waals surface area contributed by atoms with E-state index in [0.717, 1.165) is 9.80 Å². The second-order valence-corrected chi connectivity index (χ2v) is 6.55. The van der Waals surface area contributed by atoms with Gasteiger partial charge in [-0.15, -0.1) is 0 Å². The lowest BCUT2D eigenvalue weighted by Gasteiger charge is -2.26. The van der Waals surface area contributed by atoms with Gasteiger partial charge in [-0.05, 0) is 0 Å². The van der Waals surface area contributed by atoms with Gasteiger partial charge in [-0.25, -0.2) is 0 Å². The van der Waals surface area contributed by atoms with Gasteiger partial charge in [-0.3, -0.25) is 38.7 Å². The summed E-state index contributed by atoms with van der Waals surface area (Å²) in [5, 5.41) is 2.72. The maximum Gasteiger partial charge on any atom is 0.253 e. The van der Waals surface area contributed by atoms with Crippen molar-refractivity contribution in [2.45, 2.75) is 0 Å². The molecule has 0 bridgehead atoms. The first kappa shape index (κ1) is 23.4. The highest BCUT2D eigenvalue weighted by atomic mass is 16.5. The summed E-state index contributed by atoms with van der Waals surface area (Å²) < 4.78 is 10.1. The molecule has 0 atom stereocenters. The summed E-state index contributed by atoms with van der Waals surface area (Å²) >= 11 is 0. The molecule has 2 heterocycles. The molecular weight excluding hydrogens is 396 g/mol. The Balaban J connectivity index is 1.82. The molecule has 0 aromatic carbocycles. The van der Waals surface area contributed by atoms with Crippen molar-refractivity contribution in [3.8, 4) is 0 Å². The molecular formula is C19H26N4O7. The number of amides is 5. The van der Waals surface area contributed by atoms with Gasteiger partial charge in [0.15, 0.2) is 0 Å². The lowest BCUT2D eigenvalue weighted by molar-refractivity contribution is -0.137. The number of imide groups is 2. The Morgan fingerprint density at radius 1 is 0.867 bits per heavy atom. The molecule has 11 nitrogen and oxygen atoms in total. The summed E-state index contributed by atoms with van der Waals surface area (Å²) in [6.07, 6.45) is 4.76. The van der Waals surface area contributed by atoms with Gasteiger partial charge in [-0.2, -0.15) is 0 Å². The summed E-state index contributed by atoms with van der Waals surface area (Å²) in [5.41, 5.74) is 0. The molecule has 5 amide bonds. The van der Waals surface area contributed by atoms with Crippen LogP contribution in [0.25, 0.3) is 0 Å². The van der Waals surface area contributed by atoms with Crippen molar-refractivity contribution < 1.29 is 33.4 Å². The summed E-state index contributed by atoms with van der Waals surface area (Å²) in [4.78, 5) is 62.9. The lowest BCUT2D eigenvalue weighted by Crippen LogP contribution is -2.46. The van der Waals surface area contributed by atoms with Gasteiger partial charge in [0.05, 0.1) is 26.4 Å². The number of ether oxygens (including phenoxy) is 2. The molecule has 2 aliphatic heterocycles. The van der Waals surface area contributed by atoms with Gasteiger partial charge in [-0.1, -0.05) is 0 Å². The van der Waals surface area contributed by atoms with E-state index in [4.69, 9.17) is 9.47 Å². The van der Waals surface area contributed by atoms with Gasteiger partial charge in [0.1, 0.15) is 0 Å². The Bertz CT molecular complexity index is 652. The number of hydrogen-bond donors (Lipinski definition) is 1. The van der Waals surface area contributed by atoms with Crippen LogP contribution in [0, 0.1) is 0 Å². The van der Waals surface area contributed by atoms with Gasteiger partial charge in [0, 0.05) is 64.1 Å². The molecule has 2 rings (SSSR count). The van der Waals surface area contributed by atoms with Crippen LogP contribution < -0.4 is 5.32 Å². The lowest BCUT2D eigenvalue weighted by atomic mass is 10.3. The van der Waals surface area contributed by atoms with Crippen LogP contribution in [-0.4, -0.2) is 110 Å². The summed E-state index contributed by atoms with van der Waals surface area (Å²) in [7, 11) is 1.57. The van der Waals surface area contributed by atoms with E-state index in [2.05, 4.69) is 5.32 Å². The van der Waals surface area contributed by atoms with E-state index in [1.165, 1.54) is 24.3 Å². The molecule has 0 spiro atoms. The number of rotatable bonds is 14. The monoisotopic (exact) mass is 422 g/mol. The number of nitrogens with zero attached hydrogens (tertiary/aromatic N) is 3. The first-order chi connectivity index (χ1) is 14.4. The van der Waals surface area contributed by atoms with E-state index < -0.39 is 23.6 Å². The predicted molar refractivity (Wildman–Crippen MR) is 104 cm³/mol. The highest BCUT2D eigenvalue weighted by Gasteiger charge is 2.26. The van der Waals surface area contributed by atoms with Gasteiger partial charge < -0.3 is 14.8 Å². The third-order valence-electron chi connectivity index (χ3n) is 4.45. The smallest absolute Gasteiger partial charge is 0.253 e. The topological polar surface area (TPSA) is 126 Å². The zero-order valence-corrected chi connectivity index (χ0v) is 16.9. The van der Waals surface area contributed by atoms with Crippen LogP contribution in [0.1, 0.15) is 0 Å². The minimum atomic E-state index is -0.410. The molecule has 0 fully saturated rings. The highest BCUT2D eigenvalue weighted by Crippen LogP contribution is 2.06. The fraction of sp³-hybridized carbons (Fsp3) is 0.526. The Morgan fingerprint density at radius 3 is 1.83 bits per heavy atom. The summed E-state index contributed by atoms with van der Waals surface area (Å²) in [6.45, 7) is 2.16. The number of carbonyl (C=O) groups excluding carboxylic acids is 5. The molecule has 0 aromatic rings. The van der Waals surface area contributed by atoms with Crippen LogP contribution in [0.2, 0.25) is 0 Å². The fourth-order valence-electron chi connectivity index (χ4n) is 2.82. The Labute approximate surface area is 174 Å². The van der Waals surface area contributed by atoms with E-state index in [9.17, 15) is 24.0 Å². The van der Waals surface area contributed by atoms with Crippen molar-refractivity contribution in [3.63, 3.8) is 0 Å². The average Bonchev–Trinajstić information content (AvgIpc) is 3.21. The van der Waals surface area contributed by atoms with Crippen LogP contribution in [0.3, 0.4) is 0 Å². The van der Waals surface area contributed by atoms with E-state index in [1.54, 1.807) is 12.0 Å². The molecule has 164 valence electrons. The minimum Gasteiger partial charge on any atom is -0.382 e. The van der Waals surface area contributed by atoms with E-state index in [1.807, 2.05) is 0 Å². The first-order valence-electron chi connectivity index (χ1n) is 9.55. The molecule has 1 N–H and O–H groups in total. The fourth-order valence-corrected chi connectivity index (χ4v) is 2.82. The SMILES string of the molecule is COCCOCCNC(=O)CN(CCN1C(=O)C=CC1=O)CCN1C(=O)C=CC1=O. The number of nitrogens with one attached hydrogen (secondary N) is 1. The van der Waals surface area contributed by atoms with Gasteiger partial charge in [0.2, 0.25) is 5.91 Å². The van der Waals surface area contributed by atoms with Crippen molar-refractivity contribution in [2.75, 3.05) is 66.2 Å². The normalized spacial score (nSPS) is 15.9. The maximum atomic E-state index is 12.2. The van der Waals surface area contributed by atoms with Crippen molar-refractivity contribution in [3.05, 3.63) is 24.3 Å². The highest BCUT2D eigenvalue weighted by molar-refractivity contribution is 6.13. The van der Waals surface area contributed by atoms with Crippen molar-refractivity contribution >= 4 is 29.5 Å². The van der Waals surface area contributed by atoms with Crippen LogP contribution >= 0.6 is 0 Å². The van der Waals surface area contributed by atoms with Crippen molar-refractivity contribution in [1.29, 1.82) is 0 Å². The van der Waals surface area contributed by atoms with E-state index >= 15 is 0 Å². The second kappa shape index (κ2) is 12.0. The Morgan fingerprint density at radius 2 is 1.37 bits per heavy atom. The minimum absolute atomic E-state index is 0.0225. The van der Waals surface area contributed by atoms with Crippen molar-refractivity contribution in [1.82, 2.24) is 20.0 Å². The zero-order chi connectivity index (χ0) is 21.9. The quantitative estimate of drug-likeness (QED) is 0.250. The molecule has 30 heavy (non-hydrogen) atoms. The van der Waals surface area contributed by atoms with Crippen LogP contribution in [0.5, 0.6) is 0 Å². The Kier molecular flexibility index (Phi) is 9.32. The summed E-state index contributed by atoms with van der Waals surface area (Å²) in [5.74, 6) is -1.92. The Hall–Kier alpha value is -2.89. The summed E-state index contributed by atoms with van der Waals surface area (Å²) in [6, 6.07) is 0. The molecule has 0 unspecified atom stereocenters. The van der Waals surface area contributed by atoms with Crippen molar-refractivity contribution in [2.24, 2.45) is 0 Å². The standard InChI is InChI=1S/C19H26N4O7/c1-29-12-13-30-11-6-20-15(24)14-21(7-9-22-16(25)2-3-17(22)26)8-10-23-18(27)4-5-19(23)28/h2-5H,6-14H2,1H3,(H,20,24). The third kappa shape index (κ3) is 7.17. The molecule has 0 radical (unpaired) electrons. The largest absolute Gasteiger partial charge is 0.382 e. The number of hydrogen-bond acceptors (Lipinski definition) is 8. The first-order valence-corrected chi connectivity index (χ1v) is 9.55. The predicted octanol–water partition coefficient (Wildman–Crippen LogP) is -2.08. The molecule has 0 saturated heterocycles. The van der Waals surface area contributed by atoms with E-state index in [-0.39, 0.29) is 38.6 Å². The zero-order valence-electron chi connectivity index (χ0n) is 16.9. The van der Waals surface area contributed by atoms with Crippen LogP contribution in [0.4, 0.5) is 0 Å². The van der Waals surface area contributed by atoms with Gasteiger partial charge in [0.25, 0.3) is 23.6 Å². The second-order valence-electron chi connectivity index (χ2n) is 6.55. The average molecular weight is 422 g/mol. The third-order valence-corrected chi connectivity index (χ3v) is 4.45. The van der Waals surface area contributed by atoms with Crippen LogP contribution in [0.15, 0.2) is 24.3 Å². The molecule has 0 saturated carbocycles. The molecule has 2 aliphatic rings. The number of methoxy groups -OCH3 is 1. The molecule has 0 aromatic heterocycles. The maximum absolute atomic E-state index is 12.2. The molecule has 11 heteroatoms. The van der Waals surface area contributed by atoms with Gasteiger partial charge >= 0.3 is 0 Å². The van der Waals surface area contributed by atoms with Crippen LogP contribution in [-0.2, 0) is 33.4 Å². The molecule has 0 aliphatic carbocycles. The number of carbonyl (C=O) groups is 5. The van der Waals surface area contributed by atoms with E-state index in [0.29, 0.717) is 26.4 Å².